The highest BCUT2D eigenvalue weighted by Gasteiger charge is 2.16. The van der Waals surface area contributed by atoms with Crippen molar-refractivity contribution in [3.63, 3.8) is 0 Å². The van der Waals surface area contributed by atoms with Gasteiger partial charge in [-0.2, -0.15) is 8.42 Å². The summed E-state index contributed by atoms with van der Waals surface area (Å²) in [6, 6.07) is 12.2. The topological polar surface area (TPSA) is 73.6 Å². The molecular weight excluding hydrogens is 300 g/mol. The van der Waals surface area contributed by atoms with Gasteiger partial charge in [0.25, 0.3) is 0 Å². The maximum Gasteiger partial charge on any atom is 0.396 e. The zero-order chi connectivity index (χ0) is 14.2. The first-order valence-corrected chi connectivity index (χ1v) is 7.80. The van der Waals surface area contributed by atoms with Crippen LogP contribution in [0.25, 0.3) is 10.3 Å². The van der Waals surface area contributed by atoms with Crippen LogP contribution in [0.1, 0.15) is 0 Å². The lowest BCUT2D eigenvalue weighted by Gasteiger charge is -2.06. The van der Waals surface area contributed by atoms with Crippen LogP contribution >= 0.6 is 11.3 Å². The minimum atomic E-state index is -3.88. The van der Waals surface area contributed by atoms with Gasteiger partial charge in [-0.1, -0.05) is 29.5 Å². The number of benzene rings is 2. The molecular formula is C13H8O5S2. The Kier molecular flexibility index (Phi) is 3.07. The van der Waals surface area contributed by atoms with Gasteiger partial charge in [0, 0.05) is 6.07 Å². The zero-order valence-electron chi connectivity index (χ0n) is 9.98. The Morgan fingerprint density at radius 3 is 2.55 bits per heavy atom. The van der Waals surface area contributed by atoms with Crippen LogP contribution in [0.3, 0.4) is 0 Å². The van der Waals surface area contributed by atoms with E-state index in [1.54, 1.807) is 18.2 Å². The molecule has 0 fully saturated rings. The van der Waals surface area contributed by atoms with E-state index in [4.69, 9.17) is 8.60 Å². The third kappa shape index (κ3) is 2.45. The minimum absolute atomic E-state index is 0.0699. The molecule has 1 heterocycles. The van der Waals surface area contributed by atoms with Crippen LogP contribution in [0.5, 0.6) is 5.75 Å². The molecule has 0 atom stereocenters. The summed E-state index contributed by atoms with van der Waals surface area (Å²) in [5.74, 6) is 0.137. The largest absolute Gasteiger partial charge is 0.414 e. The average Bonchev–Trinajstić information content (AvgIpc) is 2.79. The fourth-order valence-electron chi connectivity index (χ4n) is 1.67. The summed E-state index contributed by atoms with van der Waals surface area (Å²) in [6.45, 7) is 0. The van der Waals surface area contributed by atoms with E-state index in [9.17, 15) is 13.2 Å². The third-order valence-corrected chi connectivity index (χ3v) is 4.59. The molecule has 0 amide bonds. The van der Waals surface area contributed by atoms with Gasteiger partial charge in [0.05, 0.1) is 4.70 Å². The molecule has 0 saturated heterocycles. The van der Waals surface area contributed by atoms with E-state index in [0.717, 1.165) is 11.3 Å². The molecule has 3 aromatic rings. The van der Waals surface area contributed by atoms with E-state index in [0.29, 0.717) is 10.3 Å². The van der Waals surface area contributed by atoms with Crippen LogP contribution in [0.15, 0.2) is 62.6 Å². The Morgan fingerprint density at radius 2 is 1.80 bits per heavy atom. The molecule has 2 aromatic carbocycles. The van der Waals surface area contributed by atoms with Crippen LogP contribution in [0.2, 0.25) is 0 Å². The monoisotopic (exact) mass is 308 g/mol. The molecule has 7 heteroatoms. The molecule has 0 bridgehead atoms. The molecule has 0 saturated carbocycles. The lowest BCUT2D eigenvalue weighted by molar-refractivity contribution is 0.486. The molecule has 0 aliphatic carbocycles. The van der Waals surface area contributed by atoms with Crippen molar-refractivity contribution in [1.82, 2.24) is 0 Å². The predicted molar refractivity (Wildman–Crippen MR) is 74.6 cm³/mol. The standard InChI is InChI=1S/C13H8O5S2/c14-13-17-11-7-6-9(8-12(11)19-13)18-20(15,16)10-4-2-1-3-5-10/h1-8H. The lowest BCUT2D eigenvalue weighted by atomic mass is 10.3. The summed E-state index contributed by atoms with van der Waals surface area (Å²) < 4.78 is 34.6. The van der Waals surface area contributed by atoms with Crippen molar-refractivity contribution in [2.45, 2.75) is 4.90 Å². The summed E-state index contributed by atoms with van der Waals surface area (Å²) in [6.07, 6.45) is 0. The highest BCUT2D eigenvalue weighted by Crippen LogP contribution is 2.25. The van der Waals surface area contributed by atoms with E-state index < -0.39 is 15.1 Å². The van der Waals surface area contributed by atoms with Crippen LogP contribution in [0, 0.1) is 0 Å². The molecule has 5 nitrogen and oxygen atoms in total. The number of hydrogen-bond acceptors (Lipinski definition) is 6. The van der Waals surface area contributed by atoms with Gasteiger partial charge in [0.1, 0.15) is 16.2 Å². The summed E-state index contributed by atoms with van der Waals surface area (Å²) in [7, 11) is -3.88. The van der Waals surface area contributed by atoms with Gasteiger partial charge in [0.2, 0.25) is 0 Å². The van der Waals surface area contributed by atoms with Crippen LogP contribution in [-0.4, -0.2) is 8.42 Å². The number of hydrogen-bond donors (Lipinski definition) is 0. The van der Waals surface area contributed by atoms with Gasteiger partial charge >= 0.3 is 15.1 Å². The van der Waals surface area contributed by atoms with Crippen molar-refractivity contribution in [1.29, 1.82) is 0 Å². The molecule has 0 spiro atoms. The Morgan fingerprint density at radius 1 is 1.05 bits per heavy atom. The fourth-order valence-corrected chi connectivity index (χ4v) is 3.31. The zero-order valence-corrected chi connectivity index (χ0v) is 11.6. The van der Waals surface area contributed by atoms with Crippen LogP contribution in [-0.2, 0) is 10.1 Å². The molecule has 0 radical (unpaired) electrons. The second kappa shape index (κ2) is 4.77. The Balaban J connectivity index is 1.98. The average molecular weight is 308 g/mol. The predicted octanol–water partition coefficient (Wildman–Crippen LogP) is 2.62. The van der Waals surface area contributed by atoms with Gasteiger partial charge < -0.3 is 8.60 Å². The number of rotatable bonds is 3. The first-order valence-electron chi connectivity index (χ1n) is 5.58. The second-order valence-corrected chi connectivity index (χ2v) is 6.44. The normalized spacial score (nSPS) is 11.6. The highest BCUT2D eigenvalue weighted by molar-refractivity contribution is 7.87. The second-order valence-electron chi connectivity index (χ2n) is 3.91. The Bertz CT molecular complexity index is 907. The van der Waals surface area contributed by atoms with Crippen LogP contribution < -0.4 is 9.12 Å². The van der Waals surface area contributed by atoms with Crippen molar-refractivity contribution >= 4 is 31.7 Å². The smallest absolute Gasteiger partial charge is 0.396 e. The molecule has 0 aliphatic rings. The van der Waals surface area contributed by atoms with E-state index in [1.165, 1.54) is 30.3 Å². The van der Waals surface area contributed by atoms with E-state index in [2.05, 4.69) is 0 Å². The van der Waals surface area contributed by atoms with Crippen LogP contribution in [0.4, 0.5) is 0 Å². The minimum Gasteiger partial charge on any atom is -0.414 e. The Hall–Kier alpha value is -2.12. The molecule has 20 heavy (non-hydrogen) atoms. The number of fused-ring (bicyclic) bond motifs is 1. The summed E-state index contributed by atoms with van der Waals surface area (Å²) >= 11 is 0.891. The van der Waals surface area contributed by atoms with Crippen molar-refractivity contribution in [2.75, 3.05) is 0 Å². The van der Waals surface area contributed by atoms with E-state index in [-0.39, 0.29) is 10.6 Å². The first kappa shape index (κ1) is 12.9. The maximum absolute atomic E-state index is 12.0. The van der Waals surface area contributed by atoms with Gasteiger partial charge in [0.15, 0.2) is 0 Å². The highest BCUT2D eigenvalue weighted by atomic mass is 32.2. The van der Waals surface area contributed by atoms with E-state index >= 15 is 0 Å². The van der Waals surface area contributed by atoms with Crippen molar-refractivity contribution in [3.05, 3.63) is 58.3 Å². The van der Waals surface area contributed by atoms with Crippen molar-refractivity contribution < 1.29 is 17.0 Å². The Labute approximate surface area is 118 Å². The molecule has 0 aliphatic heterocycles. The quantitative estimate of drug-likeness (QED) is 0.695. The molecule has 0 N–H and O–H groups in total. The van der Waals surface area contributed by atoms with Crippen molar-refractivity contribution in [2.24, 2.45) is 0 Å². The molecule has 0 unspecified atom stereocenters. The first-order chi connectivity index (χ1) is 9.54. The lowest BCUT2D eigenvalue weighted by Crippen LogP contribution is -2.09. The van der Waals surface area contributed by atoms with E-state index in [1.807, 2.05) is 0 Å². The molecule has 1 aromatic heterocycles. The molecule has 102 valence electrons. The van der Waals surface area contributed by atoms with Gasteiger partial charge in [-0.25, -0.2) is 4.79 Å². The fraction of sp³-hybridized carbons (Fsp3) is 0. The summed E-state index contributed by atoms with van der Waals surface area (Å²) in [5.41, 5.74) is 0.407. The molecule has 3 rings (SSSR count). The summed E-state index contributed by atoms with van der Waals surface area (Å²) in [4.78, 5) is 10.7. The maximum atomic E-state index is 12.0. The van der Waals surface area contributed by atoms with Gasteiger partial charge in [-0.05, 0) is 24.3 Å². The van der Waals surface area contributed by atoms with Gasteiger partial charge in [-0.3, -0.25) is 0 Å². The van der Waals surface area contributed by atoms with Gasteiger partial charge in [-0.15, -0.1) is 0 Å². The van der Waals surface area contributed by atoms with Crippen molar-refractivity contribution in [3.8, 4) is 5.75 Å². The third-order valence-electron chi connectivity index (χ3n) is 2.54. The SMILES string of the molecule is O=c1oc2ccc(OS(=O)(=O)c3ccccc3)cc2s1. The summed E-state index contributed by atoms with van der Waals surface area (Å²) in [5, 5.41) is 0.